The van der Waals surface area contributed by atoms with Crippen molar-refractivity contribution < 1.29 is 22.4 Å². The van der Waals surface area contributed by atoms with Gasteiger partial charge < -0.3 is 10.2 Å². The minimum absolute atomic E-state index is 0.0291. The van der Waals surface area contributed by atoms with Crippen LogP contribution in [0.4, 0.5) is 10.1 Å². The van der Waals surface area contributed by atoms with E-state index >= 15 is 0 Å². The molecule has 3 aromatic carbocycles. The first kappa shape index (κ1) is 28.8. The first-order valence-electron chi connectivity index (χ1n) is 12.4. The lowest BCUT2D eigenvalue weighted by atomic mass is 10.0. The van der Waals surface area contributed by atoms with E-state index in [0.29, 0.717) is 17.7 Å². The predicted octanol–water partition coefficient (Wildman–Crippen LogP) is 4.07. The van der Waals surface area contributed by atoms with Gasteiger partial charge in [0.1, 0.15) is 11.9 Å². The van der Waals surface area contributed by atoms with Crippen LogP contribution >= 0.6 is 0 Å². The molecule has 1 N–H and O–H groups in total. The molecule has 0 aliphatic rings. The fraction of sp³-hybridized carbons (Fsp3) is 0.310. The third-order valence-electron chi connectivity index (χ3n) is 6.26. The number of rotatable bonds is 12. The van der Waals surface area contributed by atoms with Crippen LogP contribution in [0.5, 0.6) is 0 Å². The zero-order valence-electron chi connectivity index (χ0n) is 21.9. The fourth-order valence-corrected chi connectivity index (χ4v) is 5.19. The highest BCUT2D eigenvalue weighted by molar-refractivity contribution is 7.92. The molecule has 3 rings (SSSR count). The molecular weight excluding hydrogens is 505 g/mol. The molecule has 0 aliphatic carbocycles. The molecule has 1 atom stereocenters. The topological polar surface area (TPSA) is 86.8 Å². The van der Waals surface area contributed by atoms with Gasteiger partial charge in [-0.1, -0.05) is 60.2 Å². The molecule has 0 radical (unpaired) electrons. The summed E-state index contributed by atoms with van der Waals surface area (Å²) in [5, 5.41) is 2.66. The number of carbonyl (C=O) groups is 2. The maximum atomic E-state index is 13.6. The van der Waals surface area contributed by atoms with Crippen molar-refractivity contribution in [3.05, 3.63) is 101 Å². The van der Waals surface area contributed by atoms with Gasteiger partial charge in [-0.05, 0) is 48.7 Å². The zero-order chi connectivity index (χ0) is 27.7. The number of carbonyl (C=O) groups excluding carboxylic acids is 2. The molecule has 0 aromatic heterocycles. The van der Waals surface area contributed by atoms with Crippen molar-refractivity contribution in [2.75, 3.05) is 24.2 Å². The van der Waals surface area contributed by atoms with Gasteiger partial charge in [-0.3, -0.25) is 13.9 Å². The number of hydrogen-bond acceptors (Lipinski definition) is 4. The molecule has 9 heteroatoms. The van der Waals surface area contributed by atoms with Crippen LogP contribution in [-0.2, 0) is 32.6 Å². The van der Waals surface area contributed by atoms with E-state index in [9.17, 15) is 22.4 Å². The lowest BCUT2D eigenvalue weighted by molar-refractivity contribution is -0.141. The van der Waals surface area contributed by atoms with Gasteiger partial charge in [0.25, 0.3) is 0 Å². The highest BCUT2D eigenvalue weighted by Crippen LogP contribution is 2.21. The van der Waals surface area contributed by atoms with Crippen molar-refractivity contribution in [1.82, 2.24) is 10.2 Å². The molecule has 3 aromatic rings. The number of halogens is 1. The second-order valence-electron chi connectivity index (χ2n) is 9.24. The molecular formula is C29H34FN3O4S. The van der Waals surface area contributed by atoms with Gasteiger partial charge in [0.2, 0.25) is 21.8 Å². The smallest absolute Gasteiger partial charge is 0.242 e. The molecule has 7 nitrogen and oxygen atoms in total. The van der Waals surface area contributed by atoms with Crippen molar-refractivity contribution in [2.24, 2.45) is 0 Å². The van der Waals surface area contributed by atoms with Gasteiger partial charge in [-0.25, -0.2) is 12.8 Å². The van der Waals surface area contributed by atoms with Crippen LogP contribution in [0, 0.1) is 12.7 Å². The summed E-state index contributed by atoms with van der Waals surface area (Å²) >= 11 is 0. The van der Waals surface area contributed by atoms with Crippen LogP contribution in [-0.4, -0.2) is 51.0 Å². The highest BCUT2D eigenvalue weighted by Gasteiger charge is 2.30. The molecule has 0 fully saturated rings. The van der Waals surface area contributed by atoms with E-state index in [-0.39, 0.29) is 37.7 Å². The molecule has 0 saturated heterocycles. The van der Waals surface area contributed by atoms with Crippen molar-refractivity contribution in [3.63, 3.8) is 0 Å². The maximum absolute atomic E-state index is 13.6. The average Bonchev–Trinajstić information content (AvgIpc) is 2.89. The normalized spacial score (nSPS) is 12.0. The summed E-state index contributed by atoms with van der Waals surface area (Å²) in [6, 6.07) is 21.5. The largest absolute Gasteiger partial charge is 0.357 e. The molecule has 202 valence electrons. The molecule has 0 heterocycles. The summed E-state index contributed by atoms with van der Waals surface area (Å²) in [6.07, 6.45) is 1.72. The van der Waals surface area contributed by atoms with Gasteiger partial charge in [0.05, 0.1) is 11.9 Å². The third kappa shape index (κ3) is 8.14. The number of amides is 2. The minimum atomic E-state index is -3.57. The number of likely N-dealkylation sites (N-methyl/N-ethyl adjacent to an activating group) is 1. The van der Waals surface area contributed by atoms with E-state index in [2.05, 4.69) is 5.32 Å². The lowest BCUT2D eigenvalue weighted by Gasteiger charge is -2.31. The van der Waals surface area contributed by atoms with Crippen LogP contribution in [0.25, 0.3) is 0 Å². The Balaban J connectivity index is 1.83. The van der Waals surface area contributed by atoms with Crippen molar-refractivity contribution in [2.45, 2.75) is 38.8 Å². The lowest BCUT2D eigenvalue weighted by Crippen LogP contribution is -2.49. The Labute approximate surface area is 224 Å². The standard InChI is InChI=1S/C29H34FN3O4S/c1-22-11-17-26(18-12-22)33(38(3,36)37)19-7-10-28(34)32(21-24-13-15-25(30)16-14-24)27(29(35)31-2)20-23-8-5-4-6-9-23/h4-6,8-9,11-18,27H,7,10,19-21H2,1-3H3,(H,31,35). The quantitative estimate of drug-likeness (QED) is 0.376. The SMILES string of the molecule is CNC(=O)C(Cc1ccccc1)N(Cc1ccc(F)cc1)C(=O)CCCN(c1ccc(C)cc1)S(C)(=O)=O. The van der Waals surface area contributed by atoms with Crippen LogP contribution in [0.3, 0.4) is 0 Å². The van der Waals surface area contributed by atoms with Crippen molar-refractivity contribution in [1.29, 1.82) is 0 Å². The summed E-state index contributed by atoms with van der Waals surface area (Å²) in [4.78, 5) is 28.1. The van der Waals surface area contributed by atoms with E-state index in [1.54, 1.807) is 24.3 Å². The van der Waals surface area contributed by atoms with E-state index in [1.807, 2.05) is 49.4 Å². The monoisotopic (exact) mass is 539 g/mol. The molecule has 38 heavy (non-hydrogen) atoms. The van der Waals surface area contributed by atoms with Crippen LogP contribution in [0.2, 0.25) is 0 Å². The van der Waals surface area contributed by atoms with Crippen molar-refractivity contribution in [3.8, 4) is 0 Å². The summed E-state index contributed by atoms with van der Waals surface area (Å²) in [7, 11) is -2.05. The van der Waals surface area contributed by atoms with E-state index in [0.717, 1.165) is 17.4 Å². The Morgan fingerprint density at radius 2 is 1.55 bits per heavy atom. The summed E-state index contributed by atoms with van der Waals surface area (Å²) in [5.41, 5.74) is 3.10. The van der Waals surface area contributed by atoms with Crippen LogP contribution in [0.15, 0.2) is 78.9 Å². The van der Waals surface area contributed by atoms with Gasteiger partial charge in [0, 0.05) is 33.0 Å². The molecule has 1 unspecified atom stereocenters. The van der Waals surface area contributed by atoms with Gasteiger partial charge >= 0.3 is 0 Å². The molecule has 0 bridgehead atoms. The van der Waals surface area contributed by atoms with Crippen LogP contribution < -0.4 is 9.62 Å². The first-order valence-corrected chi connectivity index (χ1v) is 14.3. The summed E-state index contributed by atoms with van der Waals surface area (Å²) in [6.45, 7) is 2.14. The molecule has 2 amide bonds. The van der Waals surface area contributed by atoms with E-state index in [1.165, 1.54) is 28.4 Å². The Bertz CT molecular complexity index is 1310. The van der Waals surface area contributed by atoms with Gasteiger partial charge in [0.15, 0.2) is 0 Å². The third-order valence-corrected chi connectivity index (χ3v) is 7.45. The number of anilines is 1. The Hall–Kier alpha value is -3.72. The van der Waals surface area contributed by atoms with Crippen molar-refractivity contribution >= 4 is 27.5 Å². The van der Waals surface area contributed by atoms with Gasteiger partial charge in [-0.2, -0.15) is 0 Å². The van der Waals surface area contributed by atoms with E-state index in [4.69, 9.17) is 0 Å². The number of benzene rings is 3. The Kier molecular flexibility index (Phi) is 10.0. The second kappa shape index (κ2) is 13.2. The fourth-order valence-electron chi connectivity index (χ4n) is 4.22. The highest BCUT2D eigenvalue weighted by atomic mass is 32.2. The number of nitrogens with one attached hydrogen (secondary N) is 1. The minimum Gasteiger partial charge on any atom is -0.357 e. The average molecular weight is 540 g/mol. The number of aryl methyl sites for hydroxylation is 1. The Morgan fingerprint density at radius 3 is 2.13 bits per heavy atom. The zero-order valence-corrected chi connectivity index (χ0v) is 22.7. The maximum Gasteiger partial charge on any atom is 0.242 e. The first-order chi connectivity index (χ1) is 18.1. The number of nitrogens with zero attached hydrogens (tertiary/aromatic N) is 2. The predicted molar refractivity (Wildman–Crippen MR) is 148 cm³/mol. The second-order valence-corrected chi connectivity index (χ2v) is 11.1. The van der Waals surface area contributed by atoms with Crippen LogP contribution in [0.1, 0.15) is 29.5 Å². The molecule has 0 spiro atoms. The van der Waals surface area contributed by atoms with E-state index < -0.39 is 21.9 Å². The van der Waals surface area contributed by atoms with Gasteiger partial charge in [-0.15, -0.1) is 0 Å². The molecule has 0 aliphatic heterocycles. The summed E-state index contributed by atoms with van der Waals surface area (Å²) in [5.74, 6) is -1.01. The molecule has 0 saturated carbocycles. The number of hydrogen-bond donors (Lipinski definition) is 1. The number of sulfonamides is 1. The Morgan fingerprint density at radius 1 is 0.921 bits per heavy atom. The summed E-state index contributed by atoms with van der Waals surface area (Å²) < 4.78 is 39.8.